The first-order valence-electron chi connectivity index (χ1n) is 5.33. The Morgan fingerprint density at radius 2 is 2.12 bits per heavy atom. The van der Waals surface area contributed by atoms with Crippen LogP contribution < -0.4 is 0 Å². The first-order chi connectivity index (χ1) is 8.06. The molecule has 0 fully saturated rings. The van der Waals surface area contributed by atoms with Gasteiger partial charge in [-0.2, -0.15) is 0 Å². The van der Waals surface area contributed by atoms with Crippen molar-refractivity contribution in [2.45, 2.75) is 19.4 Å². The third-order valence-electron chi connectivity index (χ3n) is 2.61. The van der Waals surface area contributed by atoms with Crippen molar-refractivity contribution in [2.24, 2.45) is 0 Å². The van der Waals surface area contributed by atoms with E-state index in [1.54, 1.807) is 18.2 Å². The van der Waals surface area contributed by atoms with Crippen molar-refractivity contribution in [1.29, 1.82) is 0 Å². The molecule has 0 aliphatic rings. The molecule has 0 amide bonds. The largest absolute Gasteiger partial charge is 0.481 e. The number of rotatable bonds is 3. The van der Waals surface area contributed by atoms with E-state index in [0.717, 1.165) is 16.6 Å². The summed E-state index contributed by atoms with van der Waals surface area (Å²) in [5, 5.41) is 19.2. The topological polar surface area (TPSA) is 70.4 Å². The number of carboxylic acid groups (broad SMARTS) is 1. The second-order valence-corrected chi connectivity index (χ2v) is 4.02. The van der Waals surface area contributed by atoms with Gasteiger partial charge in [-0.05, 0) is 30.7 Å². The highest BCUT2D eigenvalue weighted by atomic mass is 16.4. The normalized spacial score (nSPS) is 12.6. The molecule has 17 heavy (non-hydrogen) atoms. The number of aliphatic hydroxyl groups excluding tert-OH is 1. The van der Waals surface area contributed by atoms with Crippen LogP contribution in [0.5, 0.6) is 0 Å². The number of aryl methyl sites for hydroxylation is 1. The van der Waals surface area contributed by atoms with E-state index in [-0.39, 0.29) is 6.42 Å². The zero-order valence-electron chi connectivity index (χ0n) is 9.42. The van der Waals surface area contributed by atoms with Gasteiger partial charge in [0.1, 0.15) is 0 Å². The van der Waals surface area contributed by atoms with Crippen LogP contribution in [-0.4, -0.2) is 21.2 Å². The zero-order chi connectivity index (χ0) is 12.4. The predicted molar refractivity (Wildman–Crippen MR) is 63.7 cm³/mol. The monoisotopic (exact) mass is 231 g/mol. The number of pyridine rings is 1. The first kappa shape index (κ1) is 11.5. The van der Waals surface area contributed by atoms with Crippen molar-refractivity contribution in [3.05, 3.63) is 41.6 Å². The van der Waals surface area contributed by atoms with Gasteiger partial charge in [-0.25, -0.2) is 0 Å². The molecule has 4 nitrogen and oxygen atoms in total. The first-order valence-corrected chi connectivity index (χ1v) is 5.33. The van der Waals surface area contributed by atoms with Gasteiger partial charge in [-0.1, -0.05) is 12.1 Å². The van der Waals surface area contributed by atoms with Gasteiger partial charge in [-0.3, -0.25) is 9.78 Å². The fourth-order valence-corrected chi connectivity index (χ4v) is 1.74. The number of hydrogen-bond acceptors (Lipinski definition) is 3. The fraction of sp³-hybridized carbons (Fsp3) is 0.231. The van der Waals surface area contributed by atoms with Crippen LogP contribution in [-0.2, 0) is 4.79 Å². The average molecular weight is 231 g/mol. The summed E-state index contributed by atoms with van der Waals surface area (Å²) in [7, 11) is 0. The minimum atomic E-state index is -1.01. The van der Waals surface area contributed by atoms with Crippen LogP contribution in [0.15, 0.2) is 30.3 Å². The molecule has 0 unspecified atom stereocenters. The molecule has 4 heteroatoms. The van der Waals surface area contributed by atoms with Gasteiger partial charge in [0.05, 0.1) is 18.0 Å². The molecule has 1 aromatic heterocycles. The Kier molecular flexibility index (Phi) is 3.06. The summed E-state index contributed by atoms with van der Waals surface area (Å²) >= 11 is 0. The summed E-state index contributed by atoms with van der Waals surface area (Å²) in [5.41, 5.74) is 2.37. The van der Waals surface area contributed by atoms with E-state index in [1.165, 1.54) is 0 Å². The van der Waals surface area contributed by atoms with Crippen LogP contribution >= 0.6 is 0 Å². The highest BCUT2D eigenvalue weighted by Crippen LogP contribution is 2.21. The van der Waals surface area contributed by atoms with Crippen LogP contribution in [0, 0.1) is 6.92 Å². The van der Waals surface area contributed by atoms with E-state index in [4.69, 9.17) is 5.11 Å². The lowest BCUT2D eigenvalue weighted by Gasteiger charge is -2.09. The Labute approximate surface area is 98.5 Å². The Hall–Kier alpha value is -1.94. The van der Waals surface area contributed by atoms with Gasteiger partial charge in [-0.15, -0.1) is 0 Å². The van der Waals surface area contributed by atoms with E-state index in [1.807, 2.05) is 19.1 Å². The quantitative estimate of drug-likeness (QED) is 0.848. The maximum absolute atomic E-state index is 10.5. The van der Waals surface area contributed by atoms with Crippen LogP contribution in [0.2, 0.25) is 0 Å². The summed E-state index contributed by atoms with van der Waals surface area (Å²) in [5.74, 6) is -1.01. The molecule has 0 aliphatic carbocycles. The molecule has 0 bridgehead atoms. The molecule has 2 N–H and O–H groups in total. The number of hydrogen-bond donors (Lipinski definition) is 2. The molecular formula is C13H13NO3. The van der Waals surface area contributed by atoms with Crippen LogP contribution in [0.3, 0.4) is 0 Å². The second-order valence-electron chi connectivity index (χ2n) is 4.02. The number of carbonyl (C=O) groups is 1. The van der Waals surface area contributed by atoms with Crippen molar-refractivity contribution in [1.82, 2.24) is 4.98 Å². The number of carboxylic acids is 1. The smallest absolute Gasteiger partial charge is 0.306 e. The number of aliphatic carboxylic acids is 1. The molecule has 2 rings (SSSR count). The molecule has 1 aromatic carbocycles. The fourth-order valence-electron chi connectivity index (χ4n) is 1.74. The number of benzene rings is 1. The molecule has 2 aromatic rings. The maximum atomic E-state index is 10.5. The van der Waals surface area contributed by atoms with Gasteiger partial charge >= 0.3 is 5.97 Å². The van der Waals surface area contributed by atoms with E-state index < -0.39 is 12.1 Å². The van der Waals surface area contributed by atoms with Crippen molar-refractivity contribution in [3.8, 4) is 0 Å². The van der Waals surface area contributed by atoms with Gasteiger partial charge in [0.15, 0.2) is 0 Å². The molecule has 0 radical (unpaired) electrons. The Balaban J connectivity index is 2.37. The van der Waals surface area contributed by atoms with Gasteiger partial charge < -0.3 is 10.2 Å². The van der Waals surface area contributed by atoms with E-state index in [9.17, 15) is 9.90 Å². The second kappa shape index (κ2) is 4.51. The Morgan fingerprint density at radius 3 is 2.82 bits per heavy atom. The SMILES string of the molecule is Cc1ccc2cc([C@H](O)CC(=O)O)ccc2n1. The summed E-state index contributed by atoms with van der Waals surface area (Å²) in [4.78, 5) is 14.9. The summed E-state index contributed by atoms with van der Waals surface area (Å²) in [6.07, 6.45) is -1.26. The number of nitrogens with zero attached hydrogens (tertiary/aromatic N) is 1. The Bertz CT molecular complexity index is 566. The third kappa shape index (κ3) is 2.60. The van der Waals surface area contributed by atoms with Crippen molar-refractivity contribution >= 4 is 16.9 Å². The van der Waals surface area contributed by atoms with Crippen LogP contribution in [0.4, 0.5) is 0 Å². The summed E-state index contributed by atoms with van der Waals surface area (Å²) in [6.45, 7) is 1.91. The van der Waals surface area contributed by atoms with Crippen LogP contribution in [0.1, 0.15) is 23.8 Å². The summed E-state index contributed by atoms with van der Waals surface area (Å²) in [6, 6.07) is 9.07. The van der Waals surface area contributed by atoms with Gasteiger partial charge in [0.25, 0.3) is 0 Å². The molecule has 1 heterocycles. The lowest BCUT2D eigenvalue weighted by Crippen LogP contribution is -2.05. The van der Waals surface area contributed by atoms with Gasteiger partial charge in [0.2, 0.25) is 0 Å². The molecule has 1 atom stereocenters. The van der Waals surface area contributed by atoms with Crippen molar-refractivity contribution < 1.29 is 15.0 Å². The minimum Gasteiger partial charge on any atom is -0.481 e. The van der Waals surface area contributed by atoms with Crippen molar-refractivity contribution in [2.75, 3.05) is 0 Å². The van der Waals surface area contributed by atoms with E-state index >= 15 is 0 Å². The number of aromatic nitrogens is 1. The lowest BCUT2D eigenvalue weighted by molar-refractivity contribution is -0.139. The van der Waals surface area contributed by atoms with Crippen molar-refractivity contribution in [3.63, 3.8) is 0 Å². The molecule has 88 valence electrons. The highest BCUT2D eigenvalue weighted by molar-refractivity contribution is 5.79. The molecular weight excluding hydrogens is 218 g/mol. The van der Waals surface area contributed by atoms with Crippen LogP contribution in [0.25, 0.3) is 10.9 Å². The molecule has 0 spiro atoms. The standard InChI is InChI=1S/C13H13NO3/c1-8-2-3-9-6-10(4-5-11(9)14-8)12(15)7-13(16)17/h2-6,12,15H,7H2,1H3,(H,16,17)/t12-/m1/s1. The minimum absolute atomic E-state index is 0.287. The highest BCUT2D eigenvalue weighted by Gasteiger charge is 2.12. The average Bonchev–Trinajstić information content (AvgIpc) is 2.27. The predicted octanol–water partition coefficient (Wildman–Crippen LogP) is 2.05. The lowest BCUT2D eigenvalue weighted by atomic mass is 10.0. The number of fused-ring (bicyclic) bond motifs is 1. The summed E-state index contributed by atoms with van der Waals surface area (Å²) < 4.78 is 0. The van der Waals surface area contributed by atoms with Gasteiger partial charge in [0, 0.05) is 11.1 Å². The van der Waals surface area contributed by atoms with E-state index in [2.05, 4.69) is 4.98 Å². The Morgan fingerprint density at radius 1 is 1.35 bits per heavy atom. The molecule has 0 aliphatic heterocycles. The molecule has 0 saturated carbocycles. The third-order valence-corrected chi connectivity index (χ3v) is 2.61. The van der Waals surface area contributed by atoms with E-state index in [0.29, 0.717) is 5.56 Å². The number of aliphatic hydroxyl groups is 1. The zero-order valence-corrected chi connectivity index (χ0v) is 9.42. The maximum Gasteiger partial charge on any atom is 0.306 e. The molecule has 0 saturated heterocycles.